The quantitative estimate of drug-likeness (QED) is 0.632. The van der Waals surface area contributed by atoms with E-state index in [1.54, 1.807) is 36.4 Å². The van der Waals surface area contributed by atoms with Gasteiger partial charge in [0.25, 0.3) is 10.0 Å². The van der Waals surface area contributed by atoms with E-state index in [4.69, 9.17) is 4.74 Å². The molecule has 0 aliphatic carbocycles. The highest BCUT2D eigenvalue weighted by molar-refractivity contribution is 7.89. The molecule has 0 heterocycles. The molecule has 134 valence electrons. The van der Waals surface area contributed by atoms with Gasteiger partial charge in [-0.3, -0.25) is 0 Å². The molecule has 2 aromatic rings. The average Bonchev–Trinajstić information content (AvgIpc) is 2.54. The maximum atomic E-state index is 12.3. The summed E-state index contributed by atoms with van der Waals surface area (Å²) in [6.45, 7) is 6.18. The van der Waals surface area contributed by atoms with E-state index in [1.807, 2.05) is 0 Å². The van der Waals surface area contributed by atoms with Crippen molar-refractivity contribution < 1.29 is 18.3 Å². The maximum absolute atomic E-state index is 12.3. The number of benzene rings is 2. The molecule has 0 unspecified atom stereocenters. The molecule has 0 spiro atoms. The first-order valence-corrected chi connectivity index (χ1v) is 9.14. The molecule has 0 saturated heterocycles. The molecule has 0 aliphatic rings. The van der Waals surface area contributed by atoms with Crippen molar-refractivity contribution in [1.29, 1.82) is 0 Å². The van der Waals surface area contributed by atoms with Gasteiger partial charge in [-0.05, 0) is 46.9 Å². The van der Waals surface area contributed by atoms with Crippen molar-refractivity contribution in [3.05, 3.63) is 53.6 Å². The number of methoxy groups -OCH3 is 1. The van der Waals surface area contributed by atoms with Gasteiger partial charge in [0.2, 0.25) is 0 Å². The number of aromatic hydroxyl groups is 1. The summed E-state index contributed by atoms with van der Waals surface area (Å²) in [4.78, 5) is 2.29. The molecule has 0 amide bonds. The molecule has 0 atom stereocenters. The van der Waals surface area contributed by atoms with Crippen LogP contribution in [0.2, 0.25) is 0 Å². The van der Waals surface area contributed by atoms with Gasteiger partial charge in [0.15, 0.2) is 11.5 Å². The van der Waals surface area contributed by atoms with Gasteiger partial charge >= 0.3 is 0 Å². The number of phenolic OH excluding ortho intramolecular Hbond substituents is 1. The molecular weight excluding hydrogens is 340 g/mol. The van der Waals surface area contributed by atoms with Crippen LogP contribution in [-0.4, -0.2) is 26.8 Å². The van der Waals surface area contributed by atoms with Gasteiger partial charge in [-0.2, -0.15) is 13.5 Å². The Morgan fingerprint density at radius 1 is 1.12 bits per heavy atom. The van der Waals surface area contributed by atoms with E-state index in [1.165, 1.54) is 19.4 Å². The van der Waals surface area contributed by atoms with Gasteiger partial charge in [0, 0.05) is 0 Å². The highest BCUT2D eigenvalue weighted by atomic mass is 32.2. The van der Waals surface area contributed by atoms with Crippen LogP contribution in [0, 0.1) is 0 Å². The lowest BCUT2D eigenvalue weighted by Crippen LogP contribution is -2.19. The van der Waals surface area contributed by atoms with Crippen molar-refractivity contribution in [2.75, 3.05) is 7.11 Å². The van der Waals surface area contributed by atoms with Crippen molar-refractivity contribution in [2.24, 2.45) is 5.10 Å². The first kappa shape index (κ1) is 18.8. The van der Waals surface area contributed by atoms with E-state index in [-0.39, 0.29) is 16.1 Å². The first-order valence-electron chi connectivity index (χ1n) is 7.66. The van der Waals surface area contributed by atoms with Gasteiger partial charge in [-0.25, -0.2) is 4.83 Å². The third kappa shape index (κ3) is 4.73. The molecule has 2 aromatic carbocycles. The summed E-state index contributed by atoms with van der Waals surface area (Å²) in [7, 11) is -2.30. The Balaban J connectivity index is 2.12. The second kappa shape index (κ2) is 7.14. The minimum absolute atomic E-state index is 0.0490. The SMILES string of the molecule is COc1ccc(C=NNS(=O)(=O)c2ccc(C(C)(C)C)cc2)cc1O. The number of nitrogens with one attached hydrogen (secondary N) is 1. The zero-order valence-electron chi connectivity index (χ0n) is 14.6. The third-order valence-corrected chi connectivity index (χ3v) is 4.86. The number of phenols is 1. The summed E-state index contributed by atoms with van der Waals surface area (Å²) in [5.41, 5.74) is 1.53. The van der Waals surface area contributed by atoms with Crippen LogP contribution >= 0.6 is 0 Å². The molecule has 0 saturated carbocycles. The van der Waals surface area contributed by atoms with Crippen LogP contribution in [0.15, 0.2) is 52.5 Å². The summed E-state index contributed by atoms with van der Waals surface area (Å²) in [5, 5.41) is 13.4. The highest BCUT2D eigenvalue weighted by Crippen LogP contribution is 2.25. The molecule has 7 heteroatoms. The number of ether oxygens (including phenoxy) is 1. The number of rotatable bonds is 5. The molecule has 6 nitrogen and oxygen atoms in total. The minimum Gasteiger partial charge on any atom is -0.504 e. The zero-order chi connectivity index (χ0) is 18.7. The van der Waals surface area contributed by atoms with E-state index in [0.29, 0.717) is 11.3 Å². The van der Waals surface area contributed by atoms with Crippen molar-refractivity contribution >= 4 is 16.2 Å². The van der Waals surface area contributed by atoms with Gasteiger partial charge in [-0.1, -0.05) is 32.9 Å². The highest BCUT2D eigenvalue weighted by Gasteiger charge is 2.17. The van der Waals surface area contributed by atoms with Gasteiger partial charge in [0.1, 0.15) is 0 Å². The second-order valence-corrected chi connectivity index (χ2v) is 8.22. The number of hydrogen-bond acceptors (Lipinski definition) is 5. The fourth-order valence-electron chi connectivity index (χ4n) is 2.14. The summed E-state index contributed by atoms with van der Waals surface area (Å²) in [5.74, 6) is 0.281. The Labute approximate surface area is 148 Å². The zero-order valence-corrected chi connectivity index (χ0v) is 15.5. The van der Waals surface area contributed by atoms with Gasteiger partial charge in [0.05, 0.1) is 18.2 Å². The van der Waals surface area contributed by atoms with E-state index in [2.05, 4.69) is 30.7 Å². The summed E-state index contributed by atoms with van der Waals surface area (Å²) < 4.78 is 29.5. The van der Waals surface area contributed by atoms with Crippen molar-refractivity contribution in [2.45, 2.75) is 31.1 Å². The predicted molar refractivity (Wildman–Crippen MR) is 97.7 cm³/mol. The van der Waals surface area contributed by atoms with E-state index >= 15 is 0 Å². The van der Waals surface area contributed by atoms with Crippen molar-refractivity contribution in [3.63, 3.8) is 0 Å². The molecule has 0 radical (unpaired) electrons. The van der Waals surface area contributed by atoms with E-state index in [9.17, 15) is 13.5 Å². The van der Waals surface area contributed by atoms with Gasteiger partial charge in [-0.15, -0.1) is 0 Å². The van der Waals surface area contributed by atoms with Crippen molar-refractivity contribution in [1.82, 2.24) is 4.83 Å². The normalized spacial score (nSPS) is 12.3. The Morgan fingerprint density at radius 3 is 2.28 bits per heavy atom. The van der Waals surface area contributed by atoms with Crippen molar-refractivity contribution in [3.8, 4) is 11.5 Å². The monoisotopic (exact) mass is 362 g/mol. The molecule has 2 rings (SSSR count). The van der Waals surface area contributed by atoms with Crippen LogP contribution in [0.5, 0.6) is 11.5 Å². The Morgan fingerprint density at radius 2 is 1.76 bits per heavy atom. The van der Waals surface area contributed by atoms with Crippen LogP contribution in [0.25, 0.3) is 0 Å². The lowest BCUT2D eigenvalue weighted by Gasteiger charge is -2.19. The fraction of sp³-hybridized carbons (Fsp3) is 0.278. The lowest BCUT2D eigenvalue weighted by molar-refractivity contribution is 0.373. The number of sulfonamides is 1. The molecular formula is C18H22N2O4S. The van der Waals surface area contributed by atoms with Crippen LogP contribution < -0.4 is 9.57 Å². The molecule has 0 aromatic heterocycles. The van der Waals surface area contributed by atoms with Crippen LogP contribution in [0.1, 0.15) is 31.9 Å². The molecule has 0 bridgehead atoms. The Bertz CT molecular complexity index is 867. The lowest BCUT2D eigenvalue weighted by atomic mass is 9.87. The first-order chi connectivity index (χ1) is 11.6. The molecule has 0 aliphatic heterocycles. The number of nitrogens with zero attached hydrogens (tertiary/aromatic N) is 1. The molecule has 2 N–H and O–H groups in total. The van der Waals surface area contributed by atoms with E-state index < -0.39 is 10.0 Å². The third-order valence-electron chi connectivity index (χ3n) is 3.62. The minimum atomic E-state index is -3.75. The molecule has 0 fully saturated rings. The standard InChI is InChI=1S/C18H22N2O4S/c1-18(2,3)14-6-8-15(9-7-14)25(22,23)20-19-12-13-5-10-17(24-4)16(21)11-13/h5-12,20-21H,1-4H3. The maximum Gasteiger partial charge on any atom is 0.276 e. The van der Waals surface area contributed by atoms with Crippen LogP contribution in [-0.2, 0) is 15.4 Å². The average molecular weight is 362 g/mol. The Kier molecular flexibility index (Phi) is 5.37. The number of hydrazone groups is 1. The van der Waals surface area contributed by atoms with Gasteiger partial charge < -0.3 is 9.84 Å². The second-order valence-electron chi connectivity index (χ2n) is 6.56. The summed E-state index contributed by atoms with van der Waals surface area (Å²) in [6.07, 6.45) is 1.31. The predicted octanol–water partition coefficient (Wildman–Crippen LogP) is 3.01. The topological polar surface area (TPSA) is 88.0 Å². The van der Waals surface area contributed by atoms with Crippen LogP contribution in [0.4, 0.5) is 0 Å². The fourth-order valence-corrected chi connectivity index (χ4v) is 2.94. The molecule has 25 heavy (non-hydrogen) atoms. The summed E-state index contributed by atoms with van der Waals surface area (Å²) >= 11 is 0. The number of hydrogen-bond donors (Lipinski definition) is 2. The summed E-state index contributed by atoms with van der Waals surface area (Å²) in [6, 6.07) is 11.3. The van der Waals surface area contributed by atoms with E-state index in [0.717, 1.165) is 5.56 Å². The smallest absolute Gasteiger partial charge is 0.276 e. The largest absolute Gasteiger partial charge is 0.504 e. The van der Waals surface area contributed by atoms with Crippen LogP contribution in [0.3, 0.4) is 0 Å². The Hall–Kier alpha value is -2.54.